The molecule has 0 saturated carbocycles. The third-order valence-electron chi connectivity index (χ3n) is 3.66. The molecule has 2 rings (SSSR count). The molecule has 0 aliphatic carbocycles. The SMILES string of the molecule is CN(C)S(=O)(=O)c1ccc(C(=O)NCC(=O)NNc2ncnc(N)c2[N+](=O)[O-])cc1. The summed E-state index contributed by atoms with van der Waals surface area (Å²) >= 11 is 0. The molecule has 0 fully saturated rings. The Morgan fingerprint density at radius 1 is 1.20 bits per heavy atom. The Morgan fingerprint density at radius 3 is 2.40 bits per heavy atom. The Balaban J connectivity index is 1.93. The van der Waals surface area contributed by atoms with Crippen LogP contribution in [0.1, 0.15) is 10.4 Å². The summed E-state index contributed by atoms with van der Waals surface area (Å²) < 4.78 is 25.1. The predicted octanol–water partition coefficient (Wildman–Crippen LogP) is -0.910. The zero-order valence-corrected chi connectivity index (χ0v) is 16.6. The Morgan fingerprint density at radius 2 is 1.83 bits per heavy atom. The quantitative estimate of drug-likeness (QED) is 0.295. The van der Waals surface area contributed by atoms with Gasteiger partial charge < -0.3 is 11.1 Å². The first-order chi connectivity index (χ1) is 14.0. The minimum absolute atomic E-state index is 0.0108. The molecule has 0 bridgehead atoms. The van der Waals surface area contributed by atoms with Crippen LogP contribution in [0.5, 0.6) is 0 Å². The summed E-state index contributed by atoms with van der Waals surface area (Å²) in [6.45, 7) is -0.474. The van der Waals surface area contributed by atoms with Gasteiger partial charge in [0.25, 0.3) is 11.8 Å². The van der Waals surface area contributed by atoms with Gasteiger partial charge in [-0.3, -0.25) is 30.6 Å². The topological polar surface area (TPSA) is 203 Å². The van der Waals surface area contributed by atoms with E-state index in [9.17, 15) is 28.1 Å². The number of sulfonamides is 1. The van der Waals surface area contributed by atoms with Gasteiger partial charge >= 0.3 is 5.69 Å². The lowest BCUT2D eigenvalue weighted by atomic mass is 10.2. The van der Waals surface area contributed by atoms with Gasteiger partial charge in [-0.1, -0.05) is 0 Å². The van der Waals surface area contributed by atoms with Crippen molar-refractivity contribution < 1.29 is 22.9 Å². The van der Waals surface area contributed by atoms with Crippen molar-refractivity contribution in [1.29, 1.82) is 0 Å². The molecule has 14 nitrogen and oxygen atoms in total. The van der Waals surface area contributed by atoms with Gasteiger partial charge in [0, 0.05) is 19.7 Å². The van der Waals surface area contributed by atoms with Gasteiger partial charge in [-0.05, 0) is 24.3 Å². The van der Waals surface area contributed by atoms with Gasteiger partial charge in [0.05, 0.1) is 16.4 Å². The van der Waals surface area contributed by atoms with Crippen LogP contribution in [-0.2, 0) is 14.8 Å². The van der Waals surface area contributed by atoms with Crippen molar-refractivity contribution in [3.63, 3.8) is 0 Å². The number of nitrogens with zero attached hydrogens (tertiary/aromatic N) is 4. The van der Waals surface area contributed by atoms with Gasteiger partial charge in [0.2, 0.25) is 21.7 Å². The number of aromatic nitrogens is 2. The van der Waals surface area contributed by atoms with Crippen molar-refractivity contribution in [3.8, 4) is 0 Å². The summed E-state index contributed by atoms with van der Waals surface area (Å²) in [6, 6.07) is 5.14. The number of nitrogen functional groups attached to an aromatic ring is 1. The summed E-state index contributed by atoms with van der Waals surface area (Å²) in [6.07, 6.45) is 0.971. The number of anilines is 2. The fraction of sp³-hybridized carbons (Fsp3) is 0.200. The van der Waals surface area contributed by atoms with Crippen molar-refractivity contribution in [2.45, 2.75) is 4.90 Å². The van der Waals surface area contributed by atoms with Crippen LogP contribution in [0.15, 0.2) is 35.5 Å². The summed E-state index contributed by atoms with van der Waals surface area (Å²) in [4.78, 5) is 41.2. The van der Waals surface area contributed by atoms with Crippen LogP contribution in [0, 0.1) is 10.1 Å². The molecule has 15 heteroatoms. The van der Waals surface area contributed by atoms with E-state index >= 15 is 0 Å². The highest BCUT2D eigenvalue weighted by Gasteiger charge is 2.21. The third kappa shape index (κ3) is 5.15. The number of nitro groups is 1. The zero-order valence-electron chi connectivity index (χ0n) is 15.8. The minimum Gasteiger partial charge on any atom is -0.378 e. The van der Waals surface area contributed by atoms with E-state index in [-0.39, 0.29) is 22.1 Å². The number of carbonyl (C=O) groups excluding carboxylic acids is 2. The maximum absolute atomic E-state index is 12.1. The van der Waals surface area contributed by atoms with Crippen LogP contribution in [0.25, 0.3) is 0 Å². The van der Waals surface area contributed by atoms with Gasteiger partial charge in [-0.2, -0.15) is 0 Å². The van der Waals surface area contributed by atoms with Gasteiger partial charge in [0.15, 0.2) is 0 Å². The van der Waals surface area contributed by atoms with Crippen LogP contribution >= 0.6 is 0 Å². The Hall–Kier alpha value is -3.85. The summed E-state index contributed by atoms with van der Waals surface area (Å²) in [7, 11) is -0.866. The monoisotopic (exact) mass is 438 g/mol. The second-order valence-electron chi connectivity index (χ2n) is 5.88. The molecule has 5 N–H and O–H groups in total. The van der Waals surface area contributed by atoms with E-state index in [1.54, 1.807) is 0 Å². The maximum Gasteiger partial charge on any atom is 0.354 e. The van der Waals surface area contributed by atoms with E-state index in [1.165, 1.54) is 38.4 Å². The molecule has 0 spiro atoms. The number of hydrogen-bond donors (Lipinski definition) is 4. The van der Waals surface area contributed by atoms with E-state index in [2.05, 4.69) is 26.1 Å². The first-order valence-corrected chi connectivity index (χ1v) is 9.58. The van der Waals surface area contributed by atoms with Gasteiger partial charge in [0.1, 0.15) is 6.33 Å². The second kappa shape index (κ2) is 9.10. The van der Waals surface area contributed by atoms with Crippen molar-refractivity contribution >= 4 is 39.2 Å². The van der Waals surface area contributed by atoms with Crippen molar-refractivity contribution in [3.05, 3.63) is 46.3 Å². The molecule has 0 atom stereocenters. The molecule has 0 aliphatic rings. The number of hydrazine groups is 1. The largest absolute Gasteiger partial charge is 0.378 e. The number of benzene rings is 1. The molecule has 1 aromatic heterocycles. The highest BCUT2D eigenvalue weighted by Crippen LogP contribution is 2.25. The molecule has 2 amide bonds. The normalized spacial score (nSPS) is 11.0. The molecule has 160 valence electrons. The van der Waals surface area contributed by atoms with Crippen molar-refractivity contribution in [2.75, 3.05) is 31.8 Å². The average Bonchev–Trinajstić information content (AvgIpc) is 2.70. The van der Waals surface area contributed by atoms with E-state index in [0.717, 1.165) is 10.6 Å². The summed E-state index contributed by atoms with van der Waals surface area (Å²) in [5.41, 5.74) is 9.29. The fourth-order valence-corrected chi connectivity index (χ4v) is 2.99. The molecular formula is C15H18N8O6S. The van der Waals surface area contributed by atoms with E-state index in [1.807, 2.05) is 0 Å². The third-order valence-corrected chi connectivity index (χ3v) is 5.49. The highest BCUT2D eigenvalue weighted by molar-refractivity contribution is 7.89. The Labute approximate surface area is 170 Å². The maximum atomic E-state index is 12.1. The molecule has 0 aliphatic heterocycles. The molecule has 30 heavy (non-hydrogen) atoms. The molecular weight excluding hydrogens is 420 g/mol. The first kappa shape index (κ1) is 22.4. The Kier molecular flexibility index (Phi) is 6.81. The minimum atomic E-state index is -3.63. The van der Waals surface area contributed by atoms with Crippen molar-refractivity contribution in [1.82, 2.24) is 25.0 Å². The lowest BCUT2D eigenvalue weighted by molar-refractivity contribution is -0.383. The highest BCUT2D eigenvalue weighted by atomic mass is 32.2. The number of carbonyl (C=O) groups is 2. The predicted molar refractivity (Wildman–Crippen MR) is 105 cm³/mol. The lowest BCUT2D eigenvalue weighted by Gasteiger charge is -2.12. The van der Waals surface area contributed by atoms with Crippen molar-refractivity contribution in [2.24, 2.45) is 0 Å². The van der Waals surface area contributed by atoms with Gasteiger partial charge in [-0.15, -0.1) is 0 Å². The zero-order chi connectivity index (χ0) is 22.5. The Bertz CT molecular complexity index is 1070. The van der Waals surface area contributed by atoms with Crippen LogP contribution in [0.4, 0.5) is 17.3 Å². The standard InChI is InChI=1S/C15H18N8O6S/c1-22(2)30(28,29)10-5-3-9(4-6-10)15(25)17-7-11(24)20-21-14-12(23(26)27)13(16)18-8-19-14/h3-6,8H,7H2,1-2H3,(H,17,25)(H,20,24)(H3,16,18,19,21). The fourth-order valence-electron chi connectivity index (χ4n) is 2.09. The number of nitrogens with one attached hydrogen (secondary N) is 3. The second-order valence-corrected chi connectivity index (χ2v) is 8.03. The lowest BCUT2D eigenvalue weighted by Crippen LogP contribution is -2.39. The van der Waals surface area contributed by atoms with Crippen LogP contribution in [0.2, 0.25) is 0 Å². The number of nitrogens with two attached hydrogens (primary N) is 1. The van der Waals surface area contributed by atoms with Crippen LogP contribution in [-0.4, -0.2) is 60.1 Å². The van der Waals surface area contributed by atoms with E-state index in [4.69, 9.17) is 5.73 Å². The summed E-state index contributed by atoms with van der Waals surface area (Å²) in [5.74, 6) is -2.08. The molecule has 1 heterocycles. The molecule has 1 aromatic carbocycles. The molecule has 0 unspecified atom stereocenters. The van der Waals surface area contributed by atoms with E-state index in [0.29, 0.717) is 0 Å². The number of rotatable bonds is 8. The van der Waals surface area contributed by atoms with Crippen LogP contribution in [0.3, 0.4) is 0 Å². The molecule has 2 aromatic rings. The molecule has 0 saturated heterocycles. The number of hydrogen-bond acceptors (Lipinski definition) is 10. The van der Waals surface area contributed by atoms with E-state index < -0.39 is 39.0 Å². The van der Waals surface area contributed by atoms with Crippen LogP contribution < -0.4 is 21.9 Å². The summed E-state index contributed by atoms with van der Waals surface area (Å²) in [5, 5.41) is 13.3. The number of amides is 2. The first-order valence-electron chi connectivity index (χ1n) is 8.14. The molecule has 0 radical (unpaired) electrons. The average molecular weight is 438 g/mol. The van der Waals surface area contributed by atoms with Gasteiger partial charge in [-0.25, -0.2) is 22.7 Å². The smallest absolute Gasteiger partial charge is 0.354 e.